The first-order valence-corrected chi connectivity index (χ1v) is 9.98. The first kappa shape index (κ1) is 23.9. The lowest BCUT2D eigenvalue weighted by Gasteiger charge is -2.23. The molecule has 33 heavy (non-hydrogen) atoms. The van der Waals surface area contributed by atoms with Crippen LogP contribution in [-0.2, 0) is 33.3 Å². The van der Waals surface area contributed by atoms with Gasteiger partial charge >= 0.3 is 23.6 Å². The van der Waals surface area contributed by atoms with E-state index in [0.717, 1.165) is 17.2 Å². The van der Waals surface area contributed by atoms with Crippen LogP contribution in [0.2, 0.25) is 0 Å². The van der Waals surface area contributed by atoms with Gasteiger partial charge in [-0.2, -0.15) is 4.98 Å². The topological polar surface area (TPSA) is 145 Å². The summed E-state index contributed by atoms with van der Waals surface area (Å²) in [5.41, 5.74) is -0.0585. The van der Waals surface area contributed by atoms with Crippen molar-refractivity contribution in [2.75, 3.05) is 6.61 Å². The van der Waals surface area contributed by atoms with Crippen LogP contribution in [0.1, 0.15) is 32.7 Å². The molecule has 1 saturated heterocycles. The Morgan fingerprint density at radius 2 is 1.64 bits per heavy atom. The number of hydrogen-bond donors (Lipinski definition) is 0. The van der Waals surface area contributed by atoms with Crippen molar-refractivity contribution in [3.63, 3.8) is 0 Å². The highest BCUT2D eigenvalue weighted by Crippen LogP contribution is 2.34. The SMILES string of the molecule is CC(=O)OC[C@H]1O[C@@H](n2ccc(Oc3cccc(C)n3)nc2=O)[C@H](OC(C)=O)[C@@H]1OC(C)=O. The Morgan fingerprint density at radius 3 is 2.24 bits per heavy atom. The maximum atomic E-state index is 12.8. The van der Waals surface area contributed by atoms with Crippen molar-refractivity contribution < 1.29 is 38.1 Å². The molecule has 0 bridgehead atoms. The van der Waals surface area contributed by atoms with Crippen LogP contribution in [0.25, 0.3) is 0 Å². The van der Waals surface area contributed by atoms with E-state index in [2.05, 4.69) is 9.97 Å². The van der Waals surface area contributed by atoms with Crippen LogP contribution in [0.3, 0.4) is 0 Å². The van der Waals surface area contributed by atoms with E-state index in [1.165, 1.54) is 26.1 Å². The van der Waals surface area contributed by atoms with Gasteiger partial charge < -0.3 is 23.7 Å². The molecule has 1 fully saturated rings. The molecule has 2 aromatic rings. The Bertz CT molecular complexity index is 1100. The van der Waals surface area contributed by atoms with Crippen molar-refractivity contribution >= 4 is 17.9 Å². The van der Waals surface area contributed by atoms with Crippen molar-refractivity contribution in [1.29, 1.82) is 0 Å². The van der Waals surface area contributed by atoms with Gasteiger partial charge in [0, 0.05) is 44.8 Å². The zero-order valence-corrected chi connectivity index (χ0v) is 18.4. The summed E-state index contributed by atoms with van der Waals surface area (Å²) in [5.74, 6) is -1.70. The Hall–Kier alpha value is -3.80. The van der Waals surface area contributed by atoms with Gasteiger partial charge in [-0.1, -0.05) is 6.07 Å². The lowest BCUT2D eigenvalue weighted by molar-refractivity contribution is -0.166. The minimum absolute atomic E-state index is 0.00983. The summed E-state index contributed by atoms with van der Waals surface area (Å²) >= 11 is 0. The largest absolute Gasteiger partial charge is 0.463 e. The predicted octanol–water partition coefficient (Wildman–Crippen LogP) is 1.06. The third-order valence-corrected chi connectivity index (χ3v) is 4.49. The van der Waals surface area contributed by atoms with Crippen LogP contribution in [0.5, 0.6) is 11.8 Å². The molecule has 2 aromatic heterocycles. The van der Waals surface area contributed by atoms with E-state index in [1.54, 1.807) is 25.1 Å². The highest BCUT2D eigenvalue weighted by Gasteiger charge is 2.50. The molecule has 0 spiro atoms. The second kappa shape index (κ2) is 10.2. The molecule has 0 unspecified atom stereocenters. The van der Waals surface area contributed by atoms with E-state index in [-0.39, 0.29) is 18.4 Å². The van der Waals surface area contributed by atoms with E-state index in [9.17, 15) is 19.2 Å². The Balaban J connectivity index is 1.90. The molecule has 12 heteroatoms. The van der Waals surface area contributed by atoms with Crippen LogP contribution >= 0.6 is 0 Å². The summed E-state index contributed by atoms with van der Waals surface area (Å²) in [4.78, 5) is 55.4. The van der Waals surface area contributed by atoms with Crippen molar-refractivity contribution in [3.05, 3.63) is 46.6 Å². The van der Waals surface area contributed by atoms with Crippen LogP contribution < -0.4 is 10.4 Å². The van der Waals surface area contributed by atoms with Gasteiger partial charge in [0.1, 0.15) is 12.7 Å². The molecule has 0 N–H and O–H groups in total. The standard InChI is InChI=1S/C21H23N3O9/c1-11-6-5-7-16(22-11)33-17-8-9-24(21(28)23-17)20-19(31-14(4)27)18(30-13(3)26)15(32-20)10-29-12(2)25/h5-9,15,18-20H,10H2,1-4H3/t15-,18-,19-,20-/m1/s1. The number of ether oxygens (including phenoxy) is 5. The predicted molar refractivity (Wildman–Crippen MR) is 109 cm³/mol. The third-order valence-electron chi connectivity index (χ3n) is 4.49. The molecule has 0 aliphatic carbocycles. The number of nitrogens with zero attached hydrogens (tertiary/aromatic N) is 3. The van der Waals surface area contributed by atoms with Gasteiger partial charge in [0.15, 0.2) is 18.4 Å². The molecule has 0 saturated carbocycles. The monoisotopic (exact) mass is 461 g/mol. The van der Waals surface area contributed by atoms with Crippen molar-refractivity contribution in [3.8, 4) is 11.8 Å². The van der Waals surface area contributed by atoms with E-state index in [0.29, 0.717) is 0 Å². The third kappa shape index (κ3) is 6.13. The van der Waals surface area contributed by atoms with Gasteiger partial charge in [0.25, 0.3) is 0 Å². The van der Waals surface area contributed by atoms with Gasteiger partial charge in [-0.25, -0.2) is 9.78 Å². The summed E-state index contributed by atoms with van der Waals surface area (Å²) in [6.07, 6.45) is -3.19. The molecule has 0 aromatic carbocycles. The number of carbonyl (C=O) groups excluding carboxylic acids is 3. The lowest BCUT2D eigenvalue weighted by Crippen LogP contribution is -2.41. The molecule has 1 aliphatic heterocycles. The van der Waals surface area contributed by atoms with E-state index in [4.69, 9.17) is 23.7 Å². The molecule has 12 nitrogen and oxygen atoms in total. The van der Waals surface area contributed by atoms with Crippen molar-refractivity contribution in [1.82, 2.24) is 14.5 Å². The maximum Gasteiger partial charge on any atom is 0.353 e. The minimum atomic E-state index is -1.20. The molecular formula is C21H23N3O9. The van der Waals surface area contributed by atoms with Crippen LogP contribution in [0.15, 0.2) is 35.3 Å². The van der Waals surface area contributed by atoms with Crippen LogP contribution in [0.4, 0.5) is 0 Å². The summed E-state index contributed by atoms with van der Waals surface area (Å²) in [6, 6.07) is 6.55. The minimum Gasteiger partial charge on any atom is -0.463 e. The first-order chi connectivity index (χ1) is 15.6. The molecular weight excluding hydrogens is 438 g/mol. The summed E-state index contributed by atoms with van der Waals surface area (Å²) in [5, 5.41) is 0. The number of aromatic nitrogens is 3. The number of hydrogen-bond acceptors (Lipinski definition) is 11. The second-order valence-corrected chi connectivity index (χ2v) is 7.19. The Morgan fingerprint density at radius 1 is 0.970 bits per heavy atom. The molecule has 1 aliphatic rings. The number of pyridine rings is 1. The zero-order chi connectivity index (χ0) is 24.1. The fourth-order valence-corrected chi connectivity index (χ4v) is 3.25. The molecule has 176 valence electrons. The number of rotatable bonds is 7. The maximum absolute atomic E-state index is 12.8. The average Bonchev–Trinajstić information content (AvgIpc) is 3.02. The second-order valence-electron chi connectivity index (χ2n) is 7.19. The van der Waals surface area contributed by atoms with Crippen molar-refractivity contribution in [2.45, 2.75) is 52.2 Å². The lowest BCUT2D eigenvalue weighted by atomic mass is 10.1. The summed E-state index contributed by atoms with van der Waals surface area (Å²) in [7, 11) is 0. The average molecular weight is 461 g/mol. The highest BCUT2D eigenvalue weighted by molar-refractivity contribution is 5.68. The fraction of sp³-hybridized carbons (Fsp3) is 0.429. The van der Waals surface area contributed by atoms with Gasteiger partial charge in [0.2, 0.25) is 11.8 Å². The molecule has 3 rings (SSSR count). The Labute approximate surface area is 188 Å². The summed E-state index contributed by atoms with van der Waals surface area (Å²) < 4.78 is 28.0. The van der Waals surface area contributed by atoms with E-state index < -0.39 is 48.1 Å². The number of esters is 3. The molecule has 0 radical (unpaired) electrons. The van der Waals surface area contributed by atoms with Crippen LogP contribution in [0, 0.1) is 6.92 Å². The fourth-order valence-electron chi connectivity index (χ4n) is 3.25. The molecule has 4 atom stereocenters. The normalized spacial score (nSPS) is 21.8. The zero-order valence-electron chi connectivity index (χ0n) is 18.4. The molecule has 3 heterocycles. The van der Waals surface area contributed by atoms with Gasteiger partial charge in [-0.05, 0) is 13.0 Å². The quantitative estimate of drug-likeness (QED) is 0.431. The van der Waals surface area contributed by atoms with Gasteiger partial charge in [-0.3, -0.25) is 19.0 Å². The highest BCUT2D eigenvalue weighted by atomic mass is 16.7. The van der Waals surface area contributed by atoms with E-state index >= 15 is 0 Å². The summed E-state index contributed by atoms with van der Waals surface area (Å²) in [6.45, 7) is 5.03. The van der Waals surface area contributed by atoms with Gasteiger partial charge in [-0.15, -0.1) is 0 Å². The van der Waals surface area contributed by atoms with E-state index in [1.807, 2.05) is 0 Å². The first-order valence-electron chi connectivity index (χ1n) is 9.98. The van der Waals surface area contributed by atoms with Crippen molar-refractivity contribution in [2.24, 2.45) is 0 Å². The van der Waals surface area contributed by atoms with Crippen LogP contribution in [-0.4, -0.2) is 57.4 Å². The Kier molecular flexibility index (Phi) is 7.38. The number of carbonyl (C=O) groups is 3. The smallest absolute Gasteiger partial charge is 0.353 e. The molecule has 0 amide bonds. The van der Waals surface area contributed by atoms with Gasteiger partial charge in [0.05, 0.1) is 0 Å². The number of aryl methyl sites for hydroxylation is 1.